The molecule has 16 nitrogen and oxygen atoms in total. The van der Waals surface area contributed by atoms with Gasteiger partial charge in [0.2, 0.25) is 12.3 Å². The Morgan fingerprint density at radius 1 is 0.671 bits per heavy atom. The topological polar surface area (TPSA) is 258 Å². The van der Waals surface area contributed by atoms with Gasteiger partial charge in [0, 0.05) is 80.9 Å². The fourth-order valence-electron chi connectivity index (χ4n) is 5.77. The molecule has 2 heterocycles. The van der Waals surface area contributed by atoms with E-state index in [1.54, 1.807) is 61.0 Å². The van der Waals surface area contributed by atoms with Crippen LogP contribution in [0.15, 0.2) is 109 Å². The molecule has 0 bridgehead atoms. The molecular formula is C54H67BrCl4LiN7O9. The minimum atomic E-state index is -1.01. The number of ketones is 1. The number of aromatic nitrogens is 4. The zero-order valence-electron chi connectivity index (χ0n) is 43.9. The summed E-state index contributed by atoms with van der Waals surface area (Å²) in [6.07, 6.45) is 10.3. The van der Waals surface area contributed by atoms with Crippen LogP contribution in [0.5, 0.6) is 0 Å². The third-order valence-electron chi connectivity index (χ3n) is 9.13. The first-order valence-corrected chi connectivity index (χ1v) is 26.0. The van der Waals surface area contributed by atoms with Crippen molar-refractivity contribution in [2.45, 2.75) is 92.9 Å². The molecule has 0 aliphatic heterocycles. The quantitative estimate of drug-likeness (QED) is 0.0147. The van der Waals surface area contributed by atoms with Crippen LogP contribution in [-0.4, -0.2) is 89.7 Å². The number of esters is 2. The molecule has 2 aromatic heterocycles. The zero-order valence-corrected chi connectivity index (χ0v) is 48.5. The summed E-state index contributed by atoms with van der Waals surface area (Å²) in [5.74, 6) is -1.13. The summed E-state index contributed by atoms with van der Waals surface area (Å²) >= 11 is 25.9. The predicted molar refractivity (Wildman–Crippen MR) is 304 cm³/mol. The number of alkyl halides is 1. The molecule has 0 amide bonds. The molecule has 0 spiro atoms. The number of carbonyl (C=O) groups excluding carboxylic acids is 3. The molecule has 0 saturated carbocycles. The number of rotatable bonds is 17. The van der Waals surface area contributed by atoms with E-state index in [4.69, 9.17) is 74.0 Å². The molecular weight excluding hydrogens is 1120 g/mol. The van der Waals surface area contributed by atoms with Crippen molar-refractivity contribution in [3.8, 4) is 11.4 Å². The molecule has 0 fully saturated rings. The number of nitrogens with zero attached hydrogens (tertiary/aromatic N) is 5. The summed E-state index contributed by atoms with van der Waals surface area (Å²) in [6.45, 7) is 19.1. The number of anilines is 1. The van der Waals surface area contributed by atoms with Crippen LogP contribution < -0.4 is 24.6 Å². The molecule has 0 radical (unpaired) electrons. The van der Waals surface area contributed by atoms with Crippen LogP contribution in [-0.2, 0) is 38.3 Å². The second-order valence-corrected chi connectivity index (χ2v) is 17.5. The molecule has 6 aromatic rings. The standard InChI is InChI=1S/C15H17ClN2O2.C13H13ClN2O2.C11H14ClN.C6H6ClN.C5H7BrO3.C4H7N.Li.2H2O/c1-3-5-14-17-13(15(19)20-4-2)10-18(14)12-8-6-11(16)7-9-12;1-2-3-12-15-11(13(17)18)8-16(12)10-6-4-9(14)5-7-10;1-2-3-11(13)8-9-4-6-10(12)7-5-9;7-5-1-3-6(8)4-2-5;1-2-9-5(8)4(7)3-6;1-3-4-5-2;;;/h6-10H,3-5H2,1-2H3;4-8H,2-3H2,1H3,(H,17,18);4-7,13H,2-3,8H2,1H3;1-4H,8H2;2-3H2,1H3;3-4H2,1H3;;2*1H2/q;;;;;;+1;;/p-1. The van der Waals surface area contributed by atoms with E-state index in [1.165, 1.54) is 11.8 Å². The van der Waals surface area contributed by atoms with Gasteiger partial charge < -0.3 is 50.7 Å². The Bertz CT molecular complexity index is 2610. The maximum Gasteiger partial charge on any atom is 1.00 e. The van der Waals surface area contributed by atoms with Crippen LogP contribution >= 0.6 is 62.3 Å². The summed E-state index contributed by atoms with van der Waals surface area (Å²) < 4.78 is 13.1. The van der Waals surface area contributed by atoms with Gasteiger partial charge in [0.1, 0.15) is 11.6 Å². The fourth-order valence-corrected chi connectivity index (χ4v) is 6.51. The normalized spacial score (nSPS) is 9.39. The van der Waals surface area contributed by atoms with Crippen molar-refractivity contribution in [2.24, 2.45) is 0 Å². The number of hydrogen-bond acceptors (Lipinski definition) is 11. The Hall–Kier alpha value is -5.50. The molecule has 0 atom stereocenters. The number of aromatic carboxylic acids is 1. The monoisotopic (exact) mass is 1180 g/mol. The van der Waals surface area contributed by atoms with Crippen LogP contribution in [0.25, 0.3) is 16.2 Å². The van der Waals surface area contributed by atoms with E-state index in [9.17, 15) is 19.2 Å². The van der Waals surface area contributed by atoms with Gasteiger partial charge in [-0.05, 0) is 124 Å². The number of nitrogen functional groups attached to an aromatic ring is 1. The maximum atomic E-state index is 11.8. The largest absolute Gasteiger partial charge is 1.00 e. The molecule has 0 aliphatic carbocycles. The van der Waals surface area contributed by atoms with Crippen LogP contribution in [0.1, 0.15) is 112 Å². The Morgan fingerprint density at radius 3 is 1.42 bits per heavy atom. The van der Waals surface area contributed by atoms with Crippen molar-refractivity contribution in [2.75, 3.05) is 30.8 Å². The van der Waals surface area contributed by atoms with Gasteiger partial charge in [-0.2, -0.15) is 0 Å². The van der Waals surface area contributed by atoms with Gasteiger partial charge >= 0.3 is 36.8 Å². The fraction of sp³-hybridized carbons (Fsp3) is 0.333. The number of nitrogens with one attached hydrogen (secondary N) is 1. The average Bonchev–Trinajstić information content (AvgIpc) is 4.00. The zero-order chi connectivity index (χ0) is 54.7. The average molecular weight is 1190 g/mol. The first-order chi connectivity index (χ1) is 34.9. The van der Waals surface area contributed by atoms with E-state index < -0.39 is 23.7 Å². The summed E-state index contributed by atoms with van der Waals surface area (Å²) in [5.41, 5.74) is 10.3. The number of hydrogen-bond donors (Lipinski definition) is 3. The number of halogens is 5. The summed E-state index contributed by atoms with van der Waals surface area (Å²) in [4.78, 5) is 55.1. The minimum absolute atomic E-state index is 0. The molecule has 0 unspecified atom stereocenters. The Morgan fingerprint density at radius 2 is 1.08 bits per heavy atom. The van der Waals surface area contributed by atoms with E-state index in [1.807, 2.05) is 79.1 Å². The number of ether oxygens (including phenoxy) is 2. The van der Waals surface area contributed by atoms with Crippen molar-refractivity contribution in [3.63, 3.8) is 0 Å². The number of carboxylic acid groups (broad SMARTS) is 1. The Kier molecular flexibility index (Phi) is 42.9. The van der Waals surface area contributed by atoms with Gasteiger partial charge in [-0.1, -0.05) is 109 Å². The summed E-state index contributed by atoms with van der Waals surface area (Å²) in [6, 6.07) is 29.4. The second-order valence-electron chi connectivity index (χ2n) is 15.2. The molecule has 0 aliphatic rings. The van der Waals surface area contributed by atoms with E-state index in [0.717, 1.165) is 95.8 Å². The maximum absolute atomic E-state index is 11.8. The van der Waals surface area contributed by atoms with Crippen LogP contribution in [0, 0.1) is 12.0 Å². The number of benzene rings is 4. The molecule has 7 N–H and O–H groups in total. The van der Waals surface area contributed by atoms with Crippen LogP contribution in [0.4, 0.5) is 5.69 Å². The number of nitrogens with two attached hydrogens (primary N) is 1. The van der Waals surface area contributed by atoms with E-state index in [2.05, 4.69) is 49.3 Å². The van der Waals surface area contributed by atoms with Crippen LogP contribution in [0.2, 0.25) is 20.1 Å². The second kappa shape index (κ2) is 43.6. The van der Waals surface area contributed by atoms with Gasteiger partial charge in [0.15, 0.2) is 11.4 Å². The SMILES string of the molecule is CCCC(=N)Cc1ccc(Cl)cc1.CCCc1nc(C(=O)O)cn1-c1ccc(Cl)cc1.CCCc1nc(C(=O)OCC)cn1-c1ccc(Cl)cc1.CCOC(=O)C(=O)CBr.Nc1ccc(Cl)cc1.O.[C-]#[N+]CCC.[Li+].[OH-]. The summed E-state index contributed by atoms with van der Waals surface area (Å²) in [5, 5.41) is 19.5. The van der Waals surface area contributed by atoms with E-state index in [0.29, 0.717) is 28.9 Å². The number of imidazole rings is 2. The number of carboxylic acids is 1. The first kappa shape index (κ1) is 74.7. The molecule has 6 rings (SSSR count). The Labute approximate surface area is 486 Å². The van der Waals surface area contributed by atoms with Gasteiger partial charge in [0.05, 0.1) is 18.5 Å². The summed E-state index contributed by atoms with van der Waals surface area (Å²) in [7, 11) is 0. The number of aryl methyl sites for hydroxylation is 2. The predicted octanol–water partition coefficient (Wildman–Crippen LogP) is 10.3. The van der Waals surface area contributed by atoms with Crippen molar-refractivity contribution in [1.29, 1.82) is 5.41 Å². The molecule has 0 saturated heterocycles. The molecule has 76 heavy (non-hydrogen) atoms. The third-order valence-corrected chi connectivity index (χ3v) is 10.6. The van der Waals surface area contributed by atoms with Crippen molar-refractivity contribution >= 4 is 97.4 Å². The molecule has 408 valence electrons. The number of Topliss-reactive ketones (excluding diaryl/α,β-unsaturated/α-hetero) is 1. The van der Waals surface area contributed by atoms with Crippen molar-refractivity contribution < 1.29 is 63.6 Å². The van der Waals surface area contributed by atoms with E-state index in [-0.39, 0.29) is 47.4 Å². The first-order valence-electron chi connectivity index (χ1n) is 23.4. The molecule has 4 aromatic carbocycles. The third kappa shape index (κ3) is 30.3. The number of carbonyl (C=O) groups is 4. The molecule has 22 heteroatoms. The van der Waals surface area contributed by atoms with Gasteiger partial charge in [-0.25, -0.2) is 30.9 Å². The van der Waals surface area contributed by atoms with Gasteiger partial charge in [-0.15, -0.1) is 0 Å². The smallest absolute Gasteiger partial charge is 0.870 e. The van der Waals surface area contributed by atoms with Crippen LogP contribution in [0.3, 0.4) is 0 Å². The van der Waals surface area contributed by atoms with Gasteiger partial charge in [0.25, 0.3) is 0 Å². The van der Waals surface area contributed by atoms with Gasteiger partial charge in [-0.3, -0.25) is 4.79 Å². The van der Waals surface area contributed by atoms with Crippen molar-refractivity contribution in [3.05, 3.63) is 170 Å². The van der Waals surface area contributed by atoms with Crippen molar-refractivity contribution in [1.82, 2.24) is 19.1 Å². The van der Waals surface area contributed by atoms with E-state index >= 15 is 0 Å². The minimum Gasteiger partial charge on any atom is -0.870 e. The Balaban J connectivity index is -0.000000878.